The van der Waals surface area contributed by atoms with E-state index >= 15 is 8.78 Å². The van der Waals surface area contributed by atoms with Crippen LogP contribution >= 0.6 is 11.3 Å². The van der Waals surface area contributed by atoms with Crippen molar-refractivity contribution in [3.63, 3.8) is 0 Å². The summed E-state index contributed by atoms with van der Waals surface area (Å²) >= 11 is 1.34. The molecule has 0 aliphatic rings. The molecule has 7 heteroatoms. The Morgan fingerprint density at radius 3 is 1.72 bits per heavy atom. The number of fused-ring (bicyclic) bond motifs is 1. The number of ether oxygens (including phenoxy) is 2. The van der Waals surface area contributed by atoms with Crippen molar-refractivity contribution >= 4 is 22.4 Å². The van der Waals surface area contributed by atoms with E-state index in [4.69, 9.17) is 19.4 Å². The van der Waals surface area contributed by atoms with Gasteiger partial charge in [-0.15, -0.1) is 11.3 Å². The molecule has 248 valence electrons. The first-order valence-corrected chi connectivity index (χ1v) is 18.2. The lowest BCUT2D eigenvalue weighted by Gasteiger charge is -2.15. The largest absolute Gasteiger partial charge is 0.494 e. The fraction of sp³-hybridized carbons (Fsp3) is 0.400. The van der Waals surface area contributed by atoms with Gasteiger partial charge in [0.2, 0.25) is 0 Å². The van der Waals surface area contributed by atoms with Gasteiger partial charge >= 0.3 is 0 Å². The summed E-state index contributed by atoms with van der Waals surface area (Å²) in [6, 6.07) is 20.3. The average Bonchev–Trinajstić information content (AvgIpc) is 3.62. The first-order chi connectivity index (χ1) is 23.1. The molecule has 3 aromatic carbocycles. The van der Waals surface area contributed by atoms with Crippen molar-refractivity contribution in [1.29, 1.82) is 0 Å². The number of thiophene rings is 1. The van der Waals surface area contributed by atoms with Gasteiger partial charge in [-0.25, -0.2) is 18.7 Å². The van der Waals surface area contributed by atoms with Crippen molar-refractivity contribution in [2.24, 2.45) is 0 Å². The van der Waals surface area contributed by atoms with Crippen LogP contribution in [0.1, 0.15) is 90.9 Å². The molecular formula is C40H46F2N2O2S. The number of rotatable bonds is 19. The minimum Gasteiger partial charge on any atom is -0.494 e. The van der Waals surface area contributed by atoms with E-state index in [0.717, 1.165) is 54.4 Å². The molecule has 47 heavy (non-hydrogen) atoms. The van der Waals surface area contributed by atoms with Crippen LogP contribution in [0.3, 0.4) is 0 Å². The number of benzene rings is 3. The van der Waals surface area contributed by atoms with Gasteiger partial charge in [0, 0.05) is 22.1 Å². The SMILES string of the molecule is CCCCCCCCOc1cccc(-c2nc3cc(F)c(F)c(-c4cccs4)c3nc2-c2cccc(OCCCCCCCC)c2)c1. The second-order valence-electron chi connectivity index (χ2n) is 12.1. The Morgan fingerprint density at radius 2 is 1.17 bits per heavy atom. The van der Waals surface area contributed by atoms with Crippen LogP contribution in [-0.2, 0) is 0 Å². The third kappa shape index (κ3) is 9.38. The monoisotopic (exact) mass is 656 g/mol. The highest BCUT2D eigenvalue weighted by molar-refractivity contribution is 7.13. The summed E-state index contributed by atoms with van der Waals surface area (Å²) < 4.78 is 42.7. The molecule has 0 bridgehead atoms. The summed E-state index contributed by atoms with van der Waals surface area (Å²) in [5.41, 5.74) is 3.45. The van der Waals surface area contributed by atoms with Crippen LogP contribution in [0.25, 0.3) is 44.0 Å². The number of hydrogen-bond acceptors (Lipinski definition) is 5. The Kier molecular flexibility index (Phi) is 13.1. The molecule has 0 aliphatic carbocycles. The van der Waals surface area contributed by atoms with Gasteiger partial charge < -0.3 is 9.47 Å². The zero-order valence-electron chi connectivity index (χ0n) is 27.7. The van der Waals surface area contributed by atoms with Crippen molar-refractivity contribution in [3.05, 3.63) is 83.7 Å². The molecule has 5 aromatic rings. The highest BCUT2D eigenvalue weighted by Gasteiger charge is 2.22. The van der Waals surface area contributed by atoms with Crippen molar-refractivity contribution in [2.75, 3.05) is 13.2 Å². The van der Waals surface area contributed by atoms with Gasteiger partial charge in [0.15, 0.2) is 11.6 Å². The van der Waals surface area contributed by atoms with Crippen molar-refractivity contribution in [3.8, 4) is 44.5 Å². The quantitative estimate of drug-likeness (QED) is 0.0830. The molecule has 0 amide bonds. The third-order valence-electron chi connectivity index (χ3n) is 8.37. The zero-order valence-corrected chi connectivity index (χ0v) is 28.5. The lowest BCUT2D eigenvalue weighted by atomic mass is 10.0. The van der Waals surface area contributed by atoms with Crippen LogP contribution in [0.5, 0.6) is 11.5 Å². The predicted molar refractivity (Wildman–Crippen MR) is 191 cm³/mol. The zero-order chi connectivity index (χ0) is 32.8. The van der Waals surface area contributed by atoms with Gasteiger partial charge in [0.25, 0.3) is 0 Å². The Bertz CT molecular complexity index is 1710. The molecule has 0 unspecified atom stereocenters. The average molecular weight is 657 g/mol. The highest BCUT2D eigenvalue weighted by atomic mass is 32.1. The van der Waals surface area contributed by atoms with Crippen molar-refractivity contribution in [2.45, 2.75) is 90.9 Å². The second kappa shape index (κ2) is 17.9. The summed E-state index contributed by atoms with van der Waals surface area (Å²) in [6.07, 6.45) is 14.3. The van der Waals surface area contributed by atoms with Crippen LogP contribution < -0.4 is 9.47 Å². The Labute approximate surface area is 282 Å². The Balaban J connectivity index is 1.48. The van der Waals surface area contributed by atoms with Crippen LogP contribution in [-0.4, -0.2) is 23.2 Å². The van der Waals surface area contributed by atoms with E-state index in [1.807, 2.05) is 60.0 Å². The number of hydrogen-bond donors (Lipinski definition) is 0. The molecule has 0 saturated carbocycles. The first-order valence-electron chi connectivity index (χ1n) is 17.3. The number of aromatic nitrogens is 2. The fourth-order valence-corrected chi connectivity index (χ4v) is 6.56. The molecule has 0 atom stereocenters. The lowest BCUT2D eigenvalue weighted by molar-refractivity contribution is 0.304. The second-order valence-corrected chi connectivity index (χ2v) is 13.0. The Hall–Kier alpha value is -3.84. The van der Waals surface area contributed by atoms with Crippen LogP contribution in [0.2, 0.25) is 0 Å². The van der Waals surface area contributed by atoms with Gasteiger partial charge in [-0.2, -0.15) is 0 Å². The van der Waals surface area contributed by atoms with Crippen LogP contribution in [0.4, 0.5) is 8.78 Å². The van der Waals surface area contributed by atoms with Gasteiger partial charge in [-0.3, -0.25) is 0 Å². The lowest BCUT2D eigenvalue weighted by Crippen LogP contribution is -2.02. The third-order valence-corrected chi connectivity index (χ3v) is 9.26. The van der Waals surface area contributed by atoms with E-state index < -0.39 is 11.6 Å². The summed E-state index contributed by atoms with van der Waals surface area (Å²) in [4.78, 5) is 10.6. The molecule has 2 heterocycles. The number of halogens is 2. The smallest absolute Gasteiger partial charge is 0.169 e. The molecule has 4 nitrogen and oxygen atoms in total. The van der Waals surface area contributed by atoms with Crippen LogP contribution in [0.15, 0.2) is 72.1 Å². The molecule has 0 fully saturated rings. The van der Waals surface area contributed by atoms with E-state index in [9.17, 15) is 0 Å². The summed E-state index contributed by atoms with van der Waals surface area (Å²) in [5.74, 6) is -0.391. The molecule has 0 saturated heterocycles. The first kappa shape index (κ1) is 34.5. The topological polar surface area (TPSA) is 44.2 Å². The number of unbranched alkanes of at least 4 members (excludes halogenated alkanes) is 10. The normalized spacial score (nSPS) is 11.3. The maximum Gasteiger partial charge on any atom is 0.169 e. The van der Waals surface area contributed by atoms with E-state index in [1.54, 1.807) is 6.07 Å². The van der Waals surface area contributed by atoms with E-state index in [-0.39, 0.29) is 5.56 Å². The van der Waals surface area contributed by atoms with Gasteiger partial charge in [-0.1, -0.05) is 108 Å². The van der Waals surface area contributed by atoms with Gasteiger partial charge in [-0.05, 0) is 48.6 Å². The molecule has 0 spiro atoms. The minimum absolute atomic E-state index is 0.127. The molecule has 5 rings (SSSR count). The standard InChI is InChI=1S/C40H46F2N2O2S/c1-3-5-7-9-11-13-23-45-31-20-15-18-29(26-31)38-39(30-19-16-21-32(27-30)46-24-14-12-10-8-6-4-2)44-40-34(43-38)28-33(41)37(42)36(40)35-22-17-25-47-35/h15-22,25-28H,3-14,23-24H2,1-2H3. The van der Waals surface area contributed by atoms with Gasteiger partial charge in [0.1, 0.15) is 17.0 Å². The summed E-state index contributed by atoms with van der Waals surface area (Å²) in [6.45, 7) is 5.72. The van der Waals surface area contributed by atoms with Gasteiger partial charge in [0.05, 0.1) is 35.7 Å². The van der Waals surface area contributed by atoms with E-state index in [0.29, 0.717) is 40.5 Å². The van der Waals surface area contributed by atoms with E-state index in [1.165, 1.54) is 62.7 Å². The molecule has 0 N–H and O–H groups in total. The van der Waals surface area contributed by atoms with Crippen molar-refractivity contribution in [1.82, 2.24) is 9.97 Å². The Morgan fingerprint density at radius 1 is 0.617 bits per heavy atom. The van der Waals surface area contributed by atoms with Crippen molar-refractivity contribution < 1.29 is 18.3 Å². The highest BCUT2D eigenvalue weighted by Crippen LogP contribution is 2.39. The fourth-order valence-electron chi connectivity index (χ4n) is 5.80. The maximum absolute atomic E-state index is 15.4. The van der Waals surface area contributed by atoms with Crippen LogP contribution in [0, 0.1) is 11.6 Å². The molecule has 0 aliphatic heterocycles. The maximum atomic E-state index is 15.4. The van der Waals surface area contributed by atoms with E-state index in [2.05, 4.69) is 13.8 Å². The minimum atomic E-state index is -0.949. The number of nitrogens with zero attached hydrogens (tertiary/aromatic N) is 2. The molecule has 2 aromatic heterocycles. The summed E-state index contributed by atoms with van der Waals surface area (Å²) in [7, 11) is 0. The molecular weight excluding hydrogens is 611 g/mol. The molecule has 0 radical (unpaired) electrons. The summed E-state index contributed by atoms with van der Waals surface area (Å²) in [5, 5.41) is 1.84. The predicted octanol–water partition coefficient (Wildman–Crippen LogP) is 12.4.